The summed E-state index contributed by atoms with van der Waals surface area (Å²) >= 11 is 0. The Morgan fingerprint density at radius 2 is 1.67 bits per heavy atom. The van der Waals surface area contributed by atoms with Crippen molar-refractivity contribution in [1.29, 1.82) is 0 Å². The molecule has 1 rings (SSSR count). The minimum Gasteiger partial charge on any atom is -0.366 e. The molecule has 0 fully saturated rings. The van der Waals surface area contributed by atoms with Gasteiger partial charge in [-0.25, -0.2) is 8.42 Å². The first-order valence-corrected chi connectivity index (χ1v) is 6.04. The zero-order chi connectivity index (χ0) is 11.6. The molecular formula is C10H13NO3S. The van der Waals surface area contributed by atoms with E-state index in [2.05, 4.69) is 0 Å². The summed E-state index contributed by atoms with van der Waals surface area (Å²) in [6.07, 6.45) is 0. The van der Waals surface area contributed by atoms with Crippen LogP contribution in [0.3, 0.4) is 0 Å². The highest BCUT2D eigenvalue weighted by Gasteiger charge is 2.18. The van der Waals surface area contributed by atoms with E-state index in [1.165, 1.54) is 24.3 Å². The van der Waals surface area contributed by atoms with Crippen LogP contribution in [-0.4, -0.2) is 19.6 Å². The standard InChI is InChI=1S/C10H13NO3S/c1-7(2)15(13,14)9-5-3-8(4-6-9)10(11)12/h3-7H,1-2H3,(H2,11,12). The lowest BCUT2D eigenvalue weighted by Gasteiger charge is -2.07. The van der Waals surface area contributed by atoms with E-state index in [1.54, 1.807) is 13.8 Å². The van der Waals surface area contributed by atoms with Gasteiger partial charge in [0.1, 0.15) is 0 Å². The number of rotatable bonds is 3. The molecule has 1 aromatic carbocycles. The maximum atomic E-state index is 11.7. The van der Waals surface area contributed by atoms with E-state index < -0.39 is 21.0 Å². The van der Waals surface area contributed by atoms with E-state index in [-0.39, 0.29) is 4.90 Å². The molecular weight excluding hydrogens is 214 g/mol. The third-order valence-corrected chi connectivity index (χ3v) is 4.26. The average molecular weight is 227 g/mol. The van der Waals surface area contributed by atoms with Gasteiger partial charge >= 0.3 is 0 Å². The Kier molecular flexibility index (Phi) is 3.14. The molecule has 5 heteroatoms. The number of amides is 1. The van der Waals surface area contributed by atoms with Gasteiger partial charge in [0, 0.05) is 5.56 Å². The van der Waals surface area contributed by atoms with E-state index in [4.69, 9.17) is 5.73 Å². The second-order valence-electron chi connectivity index (χ2n) is 3.48. The summed E-state index contributed by atoms with van der Waals surface area (Å²) in [6, 6.07) is 5.63. The van der Waals surface area contributed by atoms with Crippen molar-refractivity contribution >= 4 is 15.7 Å². The van der Waals surface area contributed by atoms with Gasteiger partial charge in [0.05, 0.1) is 10.1 Å². The zero-order valence-electron chi connectivity index (χ0n) is 8.60. The molecule has 82 valence electrons. The van der Waals surface area contributed by atoms with Crippen molar-refractivity contribution in [3.63, 3.8) is 0 Å². The summed E-state index contributed by atoms with van der Waals surface area (Å²) in [4.78, 5) is 11.0. The number of hydrogen-bond donors (Lipinski definition) is 1. The van der Waals surface area contributed by atoms with Crippen LogP contribution in [0, 0.1) is 0 Å². The van der Waals surface area contributed by atoms with Gasteiger partial charge in [-0.3, -0.25) is 4.79 Å². The first-order chi connectivity index (χ1) is 6.85. The number of carbonyl (C=O) groups excluding carboxylic acids is 1. The SMILES string of the molecule is CC(C)S(=O)(=O)c1ccc(C(N)=O)cc1. The predicted octanol–water partition coefficient (Wildman–Crippen LogP) is 0.968. The molecule has 4 nitrogen and oxygen atoms in total. The second-order valence-corrected chi connectivity index (χ2v) is 5.99. The number of primary amides is 1. The lowest BCUT2D eigenvalue weighted by atomic mass is 10.2. The number of nitrogens with two attached hydrogens (primary N) is 1. The van der Waals surface area contributed by atoms with E-state index in [0.29, 0.717) is 5.56 Å². The monoisotopic (exact) mass is 227 g/mol. The van der Waals surface area contributed by atoms with Gasteiger partial charge in [-0.15, -0.1) is 0 Å². The van der Waals surface area contributed by atoms with Crippen molar-refractivity contribution in [2.24, 2.45) is 5.73 Å². The smallest absolute Gasteiger partial charge is 0.248 e. The minimum absolute atomic E-state index is 0.211. The van der Waals surface area contributed by atoms with Crippen LogP contribution in [0.4, 0.5) is 0 Å². The Balaban J connectivity index is 3.15. The van der Waals surface area contributed by atoms with Crippen molar-refractivity contribution in [2.45, 2.75) is 24.0 Å². The fourth-order valence-electron chi connectivity index (χ4n) is 1.08. The number of carbonyl (C=O) groups is 1. The van der Waals surface area contributed by atoms with Crippen LogP contribution in [0.15, 0.2) is 29.2 Å². The molecule has 0 unspecified atom stereocenters. The summed E-state index contributed by atoms with van der Waals surface area (Å²) in [5.41, 5.74) is 5.35. The van der Waals surface area contributed by atoms with Crippen LogP contribution in [0.5, 0.6) is 0 Å². The number of sulfone groups is 1. The third kappa shape index (κ3) is 2.36. The zero-order valence-corrected chi connectivity index (χ0v) is 9.41. The highest BCUT2D eigenvalue weighted by Crippen LogP contribution is 2.16. The maximum Gasteiger partial charge on any atom is 0.248 e. The van der Waals surface area contributed by atoms with Gasteiger partial charge in [0.25, 0.3) is 0 Å². The maximum absolute atomic E-state index is 11.7. The summed E-state index contributed by atoms with van der Waals surface area (Å²) in [6.45, 7) is 3.22. The van der Waals surface area contributed by atoms with Crippen molar-refractivity contribution < 1.29 is 13.2 Å². The molecule has 1 amide bonds. The molecule has 0 saturated carbocycles. The fraction of sp³-hybridized carbons (Fsp3) is 0.300. The highest BCUT2D eigenvalue weighted by molar-refractivity contribution is 7.92. The van der Waals surface area contributed by atoms with Crippen molar-refractivity contribution in [2.75, 3.05) is 0 Å². The Hall–Kier alpha value is -1.36. The Labute approximate surface area is 89.0 Å². The van der Waals surface area contributed by atoms with E-state index in [0.717, 1.165) is 0 Å². The molecule has 0 aliphatic rings. The topological polar surface area (TPSA) is 77.2 Å². The van der Waals surface area contributed by atoms with Crippen LogP contribution < -0.4 is 5.73 Å². The van der Waals surface area contributed by atoms with E-state index in [9.17, 15) is 13.2 Å². The normalized spacial score (nSPS) is 11.7. The van der Waals surface area contributed by atoms with Crippen molar-refractivity contribution in [1.82, 2.24) is 0 Å². The molecule has 15 heavy (non-hydrogen) atoms. The quantitative estimate of drug-likeness (QED) is 0.835. The first kappa shape index (κ1) is 11.7. The van der Waals surface area contributed by atoms with Gasteiger partial charge in [0.2, 0.25) is 5.91 Å². The van der Waals surface area contributed by atoms with Gasteiger partial charge < -0.3 is 5.73 Å². The van der Waals surface area contributed by atoms with Gasteiger partial charge in [-0.05, 0) is 38.1 Å². The average Bonchev–Trinajstić information content (AvgIpc) is 2.17. The van der Waals surface area contributed by atoms with Gasteiger partial charge in [0.15, 0.2) is 9.84 Å². The van der Waals surface area contributed by atoms with Crippen LogP contribution >= 0.6 is 0 Å². The molecule has 0 atom stereocenters. The van der Waals surface area contributed by atoms with Crippen molar-refractivity contribution in [3.8, 4) is 0 Å². The molecule has 0 radical (unpaired) electrons. The molecule has 2 N–H and O–H groups in total. The Morgan fingerprint density at radius 1 is 1.20 bits per heavy atom. The fourth-order valence-corrected chi connectivity index (χ4v) is 2.14. The molecule has 0 aliphatic carbocycles. The lowest BCUT2D eigenvalue weighted by Crippen LogP contribution is -2.15. The van der Waals surface area contributed by atoms with Gasteiger partial charge in [-0.1, -0.05) is 0 Å². The molecule has 0 aromatic heterocycles. The summed E-state index contributed by atoms with van der Waals surface area (Å²) in [7, 11) is -3.27. The van der Waals surface area contributed by atoms with Crippen molar-refractivity contribution in [3.05, 3.63) is 29.8 Å². The first-order valence-electron chi connectivity index (χ1n) is 4.49. The van der Waals surface area contributed by atoms with Crippen LogP contribution in [-0.2, 0) is 9.84 Å². The molecule has 0 heterocycles. The molecule has 1 aromatic rings. The highest BCUT2D eigenvalue weighted by atomic mass is 32.2. The second kappa shape index (κ2) is 4.02. The van der Waals surface area contributed by atoms with Crippen LogP contribution in [0.2, 0.25) is 0 Å². The van der Waals surface area contributed by atoms with Crippen LogP contribution in [0.1, 0.15) is 24.2 Å². The molecule has 0 bridgehead atoms. The molecule has 0 spiro atoms. The van der Waals surface area contributed by atoms with E-state index >= 15 is 0 Å². The summed E-state index contributed by atoms with van der Waals surface area (Å²) in [5.74, 6) is -0.566. The van der Waals surface area contributed by atoms with E-state index in [1.807, 2.05) is 0 Å². The summed E-state index contributed by atoms with van der Waals surface area (Å²) < 4.78 is 23.4. The largest absolute Gasteiger partial charge is 0.366 e. The number of hydrogen-bond acceptors (Lipinski definition) is 3. The lowest BCUT2D eigenvalue weighted by molar-refractivity contribution is 0.1000. The molecule has 0 aliphatic heterocycles. The minimum atomic E-state index is -3.27. The number of benzene rings is 1. The van der Waals surface area contributed by atoms with Gasteiger partial charge in [-0.2, -0.15) is 0 Å². The summed E-state index contributed by atoms with van der Waals surface area (Å²) in [5, 5.41) is -0.475. The predicted molar refractivity (Wildman–Crippen MR) is 57.3 cm³/mol. The Bertz CT molecular complexity index is 460. The molecule has 0 saturated heterocycles. The van der Waals surface area contributed by atoms with Crippen LogP contribution in [0.25, 0.3) is 0 Å². The third-order valence-electron chi connectivity index (χ3n) is 2.09. The Morgan fingerprint density at radius 3 is 2.00 bits per heavy atom.